The SMILES string of the molecule is C[N]CCC(=O)OC. The van der Waals surface area contributed by atoms with E-state index >= 15 is 0 Å². The van der Waals surface area contributed by atoms with E-state index in [-0.39, 0.29) is 5.97 Å². The van der Waals surface area contributed by atoms with Crippen LogP contribution in [0.1, 0.15) is 6.42 Å². The second kappa shape index (κ2) is 4.59. The molecule has 1 radical (unpaired) electrons. The number of ether oxygens (including phenoxy) is 1. The number of hydrogen-bond donors (Lipinski definition) is 0. The quantitative estimate of drug-likeness (QED) is 0.478. The maximum absolute atomic E-state index is 10.3. The van der Waals surface area contributed by atoms with Crippen molar-refractivity contribution >= 4 is 5.97 Å². The molecule has 0 spiro atoms. The van der Waals surface area contributed by atoms with Crippen molar-refractivity contribution < 1.29 is 9.53 Å². The summed E-state index contributed by atoms with van der Waals surface area (Å²) >= 11 is 0. The summed E-state index contributed by atoms with van der Waals surface area (Å²) in [4.78, 5) is 10.3. The number of hydrogen-bond acceptors (Lipinski definition) is 2. The minimum absolute atomic E-state index is 0.199. The number of carbonyl (C=O) groups excluding carboxylic acids is 1. The Kier molecular flexibility index (Phi) is 4.26. The first-order chi connectivity index (χ1) is 3.81. The van der Waals surface area contributed by atoms with Crippen LogP contribution in [0.3, 0.4) is 0 Å². The van der Waals surface area contributed by atoms with Gasteiger partial charge in [-0.15, -0.1) is 0 Å². The smallest absolute Gasteiger partial charge is 0.306 e. The van der Waals surface area contributed by atoms with Gasteiger partial charge in [-0.1, -0.05) is 0 Å². The van der Waals surface area contributed by atoms with E-state index in [2.05, 4.69) is 10.1 Å². The third kappa shape index (κ3) is 3.61. The molecule has 0 unspecified atom stereocenters. The molecule has 0 aliphatic carbocycles. The number of rotatable bonds is 3. The van der Waals surface area contributed by atoms with Crippen LogP contribution in [0.5, 0.6) is 0 Å². The average molecular weight is 116 g/mol. The number of nitrogens with zero attached hydrogens (tertiary/aromatic N) is 1. The number of carbonyl (C=O) groups is 1. The first kappa shape index (κ1) is 7.43. The fraction of sp³-hybridized carbons (Fsp3) is 0.800. The van der Waals surface area contributed by atoms with E-state index in [1.165, 1.54) is 7.11 Å². The average Bonchev–Trinajstić information content (AvgIpc) is 1.83. The molecule has 3 heteroatoms. The summed E-state index contributed by atoms with van der Waals surface area (Å²) in [7, 11) is 3.04. The van der Waals surface area contributed by atoms with Crippen molar-refractivity contribution in [1.29, 1.82) is 0 Å². The van der Waals surface area contributed by atoms with Crippen molar-refractivity contribution in [3.8, 4) is 0 Å². The summed E-state index contributed by atoms with van der Waals surface area (Å²) in [5, 5.41) is 3.72. The standard InChI is InChI=1S/C5H10NO2/c1-6-4-3-5(7)8-2/h3-4H2,1-2H3. The molecule has 0 N–H and O–H groups in total. The molecular formula is C5H10NO2. The van der Waals surface area contributed by atoms with Crippen LogP contribution in [0.25, 0.3) is 0 Å². The van der Waals surface area contributed by atoms with Gasteiger partial charge in [-0.2, -0.15) is 0 Å². The topological polar surface area (TPSA) is 40.4 Å². The molecule has 47 valence electrons. The molecule has 3 nitrogen and oxygen atoms in total. The summed E-state index contributed by atoms with van der Waals surface area (Å²) in [6, 6.07) is 0. The lowest BCUT2D eigenvalue weighted by atomic mass is 10.4. The number of methoxy groups -OCH3 is 1. The van der Waals surface area contributed by atoms with Gasteiger partial charge in [-0.05, 0) is 0 Å². The van der Waals surface area contributed by atoms with Gasteiger partial charge in [0, 0.05) is 13.6 Å². The van der Waals surface area contributed by atoms with Crippen molar-refractivity contribution in [2.75, 3.05) is 20.7 Å². The van der Waals surface area contributed by atoms with Crippen molar-refractivity contribution in [2.24, 2.45) is 0 Å². The lowest BCUT2D eigenvalue weighted by Crippen LogP contribution is -2.08. The molecule has 0 aliphatic heterocycles. The third-order valence-corrected chi connectivity index (χ3v) is 0.767. The molecule has 0 fully saturated rings. The molecule has 0 rings (SSSR count). The Labute approximate surface area is 49.0 Å². The second-order valence-electron chi connectivity index (χ2n) is 1.37. The van der Waals surface area contributed by atoms with Crippen LogP contribution in [0.15, 0.2) is 0 Å². The third-order valence-electron chi connectivity index (χ3n) is 0.767. The van der Waals surface area contributed by atoms with Gasteiger partial charge in [0.25, 0.3) is 0 Å². The Morgan fingerprint density at radius 3 is 2.75 bits per heavy atom. The van der Waals surface area contributed by atoms with Gasteiger partial charge < -0.3 is 4.74 Å². The van der Waals surface area contributed by atoms with Crippen LogP contribution in [-0.2, 0) is 9.53 Å². The lowest BCUT2D eigenvalue weighted by molar-refractivity contribution is -0.140. The minimum Gasteiger partial charge on any atom is -0.469 e. The van der Waals surface area contributed by atoms with E-state index in [0.29, 0.717) is 13.0 Å². The van der Waals surface area contributed by atoms with Crippen LogP contribution in [0.2, 0.25) is 0 Å². The zero-order valence-electron chi connectivity index (χ0n) is 5.18. The highest BCUT2D eigenvalue weighted by Gasteiger charge is 1.95. The van der Waals surface area contributed by atoms with Crippen LogP contribution < -0.4 is 5.32 Å². The molecule has 0 saturated carbocycles. The van der Waals surface area contributed by atoms with E-state index in [1.807, 2.05) is 0 Å². The summed E-state index contributed by atoms with van der Waals surface area (Å²) in [6.07, 6.45) is 0.396. The first-order valence-electron chi connectivity index (χ1n) is 2.43. The first-order valence-corrected chi connectivity index (χ1v) is 2.43. The summed E-state index contributed by atoms with van der Waals surface area (Å²) < 4.78 is 4.35. The Morgan fingerprint density at radius 1 is 1.75 bits per heavy atom. The molecule has 0 atom stereocenters. The van der Waals surface area contributed by atoms with Crippen LogP contribution in [-0.4, -0.2) is 26.7 Å². The highest BCUT2D eigenvalue weighted by molar-refractivity contribution is 5.69. The van der Waals surface area contributed by atoms with E-state index in [9.17, 15) is 4.79 Å². The highest BCUT2D eigenvalue weighted by atomic mass is 16.5. The van der Waals surface area contributed by atoms with Gasteiger partial charge in [-0.25, -0.2) is 5.32 Å². The Morgan fingerprint density at radius 2 is 2.38 bits per heavy atom. The molecular weight excluding hydrogens is 106 g/mol. The monoisotopic (exact) mass is 116 g/mol. The largest absolute Gasteiger partial charge is 0.469 e. The molecule has 0 saturated heterocycles. The van der Waals surface area contributed by atoms with Gasteiger partial charge in [-0.3, -0.25) is 4.79 Å². The normalized spacial score (nSPS) is 8.75. The van der Waals surface area contributed by atoms with E-state index in [4.69, 9.17) is 0 Å². The zero-order chi connectivity index (χ0) is 6.41. The Balaban J connectivity index is 2.99. The molecule has 0 aromatic rings. The van der Waals surface area contributed by atoms with Gasteiger partial charge in [0.05, 0.1) is 13.5 Å². The van der Waals surface area contributed by atoms with Gasteiger partial charge >= 0.3 is 5.97 Å². The maximum atomic E-state index is 10.3. The molecule has 0 aliphatic rings. The predicted molar refractivity (Wildman–Crippen MR) is 29.6 cm³/mol. The van der Waals surface area contributed by atoms with Gasteiger partial charge in [0.1, 0.15) is 0 Å². The zero-order valence-corrected chi connectivity index (χ0v) is 5.18. The molecule has 8 heavy (non-hydrogen) atoms. The van der Waals surface area contributed by atoms with Crippen molar-refractivity contribution in [3.63, 3.8) is 0 Å². The number of esters is 1. The van der Waals surface area contributed by atoms with Gasteiger partial charge in [0.15, 0.2) is 0 Å². The predicted octanol–water partition coefficient (Wildman–Crippen LogP) is -0.216. The van der Waals surface area contributed by atoms with Gasteiger partial charge in [0.2, 0.25) is 0 Å². The molecule has 0 heterocycles. The summed E-state index contributed by atoms with van der Waals surface area (Å²) in [6.45, 7) is 0.562. The maximum Gasteiger partial charge on any atom is 0.306 e. The van der Waals surface area contributed by atoms with Crippen LogP contribution in [0.4, 0.5) is 0 Å². The molecule has 0 bridgehead atoms. The van der Waals surface area contributed by atoms with E-state index < -0.39 is 0 Å². The van der Waals surface area contributed by atoms with E-state index in [0.717, 1.165) is 0 Å². The van der Waals surface area contributed by atoms with Crippen LogP contribution >= 0.6 is 0 Å². The molecule has 0 aromatic heterocycles. The Hall–Kier alpha value is -0.570. The summed E-state index contributed by atoms with van der Waals surface area (Å²) in [5.74, 6) is -0.199. The fourth-order valence-electron chi connectivity index (χ4n) is 0.305. The molecule has 0 amide bonds. The second-order valence-corrected chi connectivity index (χ2v) is 1.37. The Bertz CT molecular complexity index is 72.8. The summed E-state index contributed by atoms with van der Waals surface area (Å²) in [5.41, 5.74) is 0. The lowest BCUT2D eigenvalue weighted by Gasteiger charge is -1.93. The van der Waals surface area contributed by atoms with Crippen molar-refractivity contribution in [1.82, 2.24) is 5.32 Å². The van der Waals surface area contributed by atoms with E-state index in [1.54, 1.807) is 7.05 Å². The highest BCUT2D eigenvalue weighted by Crippen LogP contribution is 1.79. The van der Waals surface area contributed by atoms with Crippen LogP contribution in [0, 0.1) is 0 Å². The van der Waals surface area contributed by atoms with Crippen molar-refractivity contribution in [2.45, 2.75) is 6.42 Å². The fourth-order valence-corrected chi connectivity index (χ4v) is 0.305. The minimum atomic E-state index is -0.199. The van der Waals surface area contributed by atoms with Crippen molar-refractivity contribution in [3.05, 3.63) is 0 Å². The molecule has 0 aromatic carbocycles.